The van der Waals surface area contributed by atoms with E-state index < -0.39 is 6.10 Å². The molecule has 0 saturated heterocycles. The van der Waals surface area contributed by atoms with Crippen LogP contribution in [0.5, 0.6) is 0 Å². The number of halogens is 1. The summed E-state index contributed by atoms with van der Waals surface area (Å²) in [7, 11) is 3.45. The lowest BCUT2D eigenvalue weighted by molar-refractivity contribution is 0.0414. The van der Waals surface area contributed by atoms with E-state index in [2.05, 4.69) is 9.97 Å². The summed E-state index contributed by atoms with van der Waals surface area (Å²) >= 11 is 5.85. The molecule has 0 bridgehead atoms. The predicted molar refractivity (Wildman–Crippen MR) is 66.0 cm³/mol. The molecule has 0 aliphatic heterocycles. The van der Waals surface area contributed by atoms with Crippen molar-refractivity contribution in [2.45, 2.75) is 19.6 Å². The van der Waals surface area contributed by atoms with Gasteiger partial charge in [0.05, 0.1) is 19.3 Å². The van der Waals surface area contributed by atoms with Gasteiger partial charge < -0.3 is 9.84 Å². The van der Waals surface area contributed by atoms with Gasteiger partial charge in [-0.05, 0) is 20.0 Å². The van der Waals surface area contributed by atoms with Crippen molar-refractivity contribution in [2.24, 2.45) is 0 Å². The Labute approximate surface area is 106 Å². The van der Waals surface area contributed by atoms with Gasteiger partial charge in [-0.25, -0.2) is 9.97 Å². The minimum Gasteiger partial charge on any atom is -0.389 e. The van der Waals surface area contributed by atoms with Gasteiger partial charge in [-0.3, -0.25) is 4.90 Å². The normalized spacial score (nSPS) is 13.1. The minimum atomic E-state index is -0.509. The standard InChI is InChI=1S/C11H18ClN3O2/c1-8-4-10(12)14-11(13-8)6-15(2)5-9(16)7-17-3/h4,9,16H,5-7H2,1-3H3. The van der Waals surface area contributed by atoms with Crippen molar-refractivity contribution in [1.82, 2.24) is 14.9 Å². The third-order valence-corrected chi connectivity index (χ3v) is 2.36. The predicted octanol–water partition coefficient (Wildman–Crippen LogP) is 0.878. The zero-order valence-corrected chi connectivity index (χ0v) is 11.1. The summed E-state index contributed by atoms with van der Waals surface area (Å²) in [4.78, 5) is 10.3. The Balaban J connectivity index is 2.52. The highest BCUT2D eigenvalue weighted by Gasteiger charge is 2.10. The molecule has 0 aromatic carbocycles. The lowest BCUT2D eigenvalue weighted by Gasteiger charge is -2.19. The third kappa shape index (κ3) is 5.41. The molecule has 1 heterocycles. The molecule has 0 spiro atoms. The van der Waals surface area contributed by atoms with Crippen LogP contribution in [0.25, 0.3) is 0 Å². The maximum atomic E-state index is 9.57. The van der Waals surface area contributed by atoms with E-state index in [1.165, 1.54) is 0 Å². The molecule has 0 amide bonds. The maximum absolute atomic E-state index is 9.57. The van der Waals surface area contributed by atoms with Crippen LogP contribution in [0.4, 0.5) is 0 Å². The number of nitrogens with zero attached hydrogens (tertiary/aromatic N) is 3. The van der Waals surface area contributed by atoms with Crippen LogP contribution >= 0.6 is 11.6 Å². The fourth-order valence-corrected chi connectivity index (χ4v) is 1.83. The van der Waals surface area contributed by atoms with E-state index in [1.54, 1.807) is 13.2 Å². The highest BCUT2D eigenvalue weighted by Crippen LogP contribution is 2.07. The Morgan fingerprint density at radius 1 is 1.53 bits per heavy atom. The third-order valence-electron chi connectivity index (χ3n) is 2.16. The number of hydrogen-bond donors (Lipinski definition) is 1. The van der Waals surface area contributed by atoms with Crippen LogP contribution in [0.2, 0.25) is 5.15 Å². The van der Waals surface area contributed by atoms with Gasteiger partial charge in [-0.2, -0.15) is 0 Å². The minimum absolute atomic E-state index is 0.319. The molecule has 96 valence electrons. The molecule has 1 rings (SSSR count). The number of aromatic nitrogens is 2. The number of aliphatic hydroxyl groups excluding tert-OH is 1. The topological polar surface area (TPSA) is 58.5 Å². The summed E-state index contributed by atoms with van der Waals surface area (Å²) in [6, 6.07) is 1.71. The lowest BCUT2D eigenvalue weighted by Crippen LogP contribution is -2.32. The average molecular weight is 260 g/mol. The zero-order valence-electron chi connectivity index (χ0n) is 10.4. The first kappa shape index (κ1) is 14.3. The molecule has 1 N–H and O–H groups in total. The van der Waals surface area contributed by atoms with Crippen LogP contribution in [-0.2, 0) is 11.3 Å². The maximum Gasteiger partial charge on any atom is 0.144 e. The van der Waals surface area contributed by atoms with Gasteiger partial charge in [0, 0.05) is 19.3 Å². The molecule has 0 radical (unpaired) electrons. The Morgan fingerprint density at radius 2 is 2.24 bits per heavy atom. The summed E-state index contributed by atoms with van der Waals surface area (Å²) < 4.78 is 4.86. The molecule has 1 atom stereocenters. The van der Waals surface area contributed by atoms with Crippen LogP contribution in [-0.4, -0.2) is 53.4 Å². The van der Waals surface area contributed by atoms with Gasteiger partial charge in [-0.15, -0.1) is 0 Å². The van der Waals surface area contributed by atoms with E-state index in [0.29, 0.717) is 30.7 Å². The first-order valence-electron chi connectivity index (χ1n) is 5.37. The second kappa shape index (κ2) is 6.86. The summed E-state index contributed by atoms with van der Waals surface area (Å²) in [6.45, 7) is 3.24. The highest BCUT2D eigenvalue weighted by atomic mass is 35.5. The fraction of sp³-hybridized carbons (Fsp3) is 0.636. The number of rotatable bonds is 6. The Bertz CT molecular complexity index is 342. The van der Waals surface area contributed by atoms with Crippen molar-refractivity contribution in [2.75, 3.05) is 27.3 Å². The van der Waals surface area contributed by atoms with Crippen LogP contribution in [0.3, 0.4) is 0 Å². The van der Waals surface area contributed by atoms with E-state index in [0.717, 1.165) is 5.69 Å². The molecular weight excluding hydrogens is 242 g/mol. The van der Waals surface area contributed by atoms with Gasteiger partial charge >= 0.3 is 0 Å². The molecule has 0 aliphatic rings. The summed E-state index contributed by atoms with van der Waals surface area (Å²) in [5.74, 6) is 0.655. The van der Waals surface area contributed by atoms with Gasteiger partial charge in [-0.1, -0.05) is 11.6 Å². The van der Waals surface area contributed by atoms with Crippen LogP contribution in [0.1, 0.15) is 11.5 Å². The van der Waals surface area contributed by atoms with E-state index in [9.17, 15) is 5.11 Å². The summed E-state index contributed by atoms with van der Waals surface area (Å²) in [5, 5.41) is 10.0. The SMILES string of the molecule is COCC(O)CN(C)Cc1nc(C)cc(Cl)n1. The van der Waals surface area contributed by atoms with Gasteiger partial charge in [0.25, 0.3) is 0 Å². The molecule has 1 aromatic rings. The molecule has 1 unspecified atom stereocenters. The largest absolute Gasteiger partial charge is 0.389 e. The monoisotopic (exact) mass is 259 g/mol. The molecule has 5 nitrogen and oxygen atoms in total. The average Bonchev–Trinajstić information content (AvgIpc) is 2.14. The van der Waals surface area contributed by atoms with E-state index in [4.69, 9.17) is 16.3 Å². The number of hydrogen-bond acceptors (Lipinski definition) is 5. The first-order valence-corrected chi connectivity index (χ1v) is 5.74. The molecular formula is C11H18ClN3O2. The molecule has 0 saturated carbocycles. The molecule has 0 fully saturated rings. The quantitative estimate of drug-likeness (QED) is 0.769. The van der Waals surface area contributed by atoms with E-state index in [-0.39, 0.29) is 0 Å². The van der Waals surface area contributed by atoms with Gasteiger partial charge in [0.15, 0.2) is 0 Å². The number of methoxy groups -OCH3 is 1. The summed E-state index contributed by atoms with van der Waals surface area (Å²) in [5.41, 5.74) is 0.839. The van der Waals surface area contributed by atoms with E-state index in [1.807, 2.05) is 18.9 Å². The van der Waals surface area contributed by atoms with Gasteiger partial charge in [0.2, 0.25) is 0 Å². The van der Waals surface area contributed by atoms with Crippen LogP contribution < -0.4 is 0 Å². The molecule has 1 aromatic heterocycles. The number of aliphatic hydroxyl groups is 1. The van der Waals surface area contributed by atoms with Crippen LogP contribution in [0.15, 0.2) is 6.07 Å². The Kier molecular flexibility index (Phi) is 5.77. The molecule has 0 aliphatic carbocycles. The van der Waals surface area contributed by atoms with Crippen molar-refractivity contribution in [3.63, 3.8) is 0 Å². The highest BCUT2D eigenvalue weighted by molar-refractivity contribution is 6.29. The van der Waals surface area contributed by atoms with Crippen molar-refractivity contribution >= 4 is 11.6 Å². The molecule has 6 heteroatoms. The number of ether oxygens (including phenoxy) is 1. The number of aryl methyl sites for hydroxylation is 1. The van der Waals surface area contributed by atoms with Crippen molar-refractivity contribution in [3.8, 4) is 0 Å². The van der Waals surface area contributed by atoms with Crippen molar-refractivity contribution in [3.05, 3.63) is 22.7 Å². The zero-order chi connectivity index (χ0) is 12.8. The number of likely N-dealkylation sites (N-methyl/N-ethyl adjacent to an activating group) is 1. The van der Waals surface area contributed by atoms with Crippen molar-refractivity contribution in [1.29, 1.82) is 0 Å². The molecule has 17 heavy (non-hydrogen) atoms. The second-order valence-corrected chi connectivity index (χ2v) is 4.44. The first-order chi connectivity index (χ1) is 8.01. The van der Waals surface area contributed by atoms with E-state index >= 15 is 0 Å². The lowest BCUT2D eigenvalue weighted by atomic mass is 10.3. The van der Waals surface area contributed by atoms with Gasteiger partial charge in [0.1, 0.15) is 11.0 Å². The Morgan fingerprint density at radius 3 is 2.82 bits per heavy atom. The smallest absolute Gasteiger partial charge is 0.144 e. The van der Waals surface area contributed by atoms with Crippen molar-refractivity contribution < 1.29 is 9.84 Å². The fourth-order valence-electron chi connectivity index (χ4n) is 1.57. The Hall–Kier alpha value is -0.750. The second-order valence-electron chi connectivity index (χ2n) is 4.05. The van der Waals surface area contributed by atoms with Crippen LogP contribution in [0, 0.1) is 6.92 Å². The summed E-state index contributed by atoms with van der Waals surface area (Å²) in [6.07, 6.45) is -0.509.